The van der Waals surface area contributed by atoms with E-state index < -0.39 is 9.96 Å². The van der Waals surface area contributed by atoms with Gasteiger partial charge in [0, 0.05) is 5.56 Å². The lowest BCUT2D eigenvalue weighted by Crippen LogP contribution is -2.49. The standard InChI is InChI=1S/C19H20Cl4N2O/c1-18(2,3)13-10-8-12(9-11-13)16(26)25-17(19(21,22)23)24-15-7-5-4-6-14(15)20/h4-11,17,24H,1-3H3,(H,25,26)/t17-/m1/s1. The van der Waals surface area contributed by atoms with Crippen molar-refractivity contribution in [2.24, 2.45) is 0 Å². The second-order valence-electron chi connectivity index (χ2n) is 6.90. The summed E-state index contributed by atoms with van der Waals surface area (Å²) in [6.45, 7) is 6.32. The highest BCUT2D eigenvalue weighted by atomic mass is 35.6. The molecule has 2 rings (SSSR count). The highest BCUT2D eigenvalue weighted by Crippen LogP contribution is 2.33. The number of rotatable bonds is 4. The summed E-state index contributed by atoms with van der Waals surface area (Å²) in [5.74, 6) is -0.360. The summed E-state index contributed by atoms with van der Waals surface area (Å²) in [7, 11) is 0. The third-order valence-corrected chi connectivity index (χ3v) is 4.77. The molecule has 0 bridgehead atoms. The first-order valence-electron chi connectivity index (χ1n) is 7.97. The number of hydrogen-bond donors (Lipinski definition) is 2. The van der Waals surface area contributed by atoms with Crippen LogP contribution >= 0.6 is 46.4 Å². The molecule has 1 atom stereocenters. The zero-order chi connectivity index (χ0) is 19.5. The first kappa shape index (κ1) is 21.2. The Hall–Kier alpha value is -1.13. The summed E-state index contributed by atoms with van der Waals surface area (Å²) < 4.78 is -1.78. The fraction of sp³-hybridized carbons (Fsp3) is 0.316. The van der Waals surface area contributed by atoms with Gasteiger partial charge in [0.2, 0.25) is 3.79 Å². The Morgan fingerprint density at radius 2 is 1.54 bits per heavy atom. The number of benzene rings is 2. The van der Waals surface area contributed by atoms with Crippen molar-refractivity contribution in [3.05, 3.63) is 64.7 Å². The van der Waals surface area contributed by atoms with E-state index in [-0.39, 0.29) is 11.3 Å². The van der Waals surface area contributed by atoms with Gasteiger partial charge in [-0.15, -0.1) is 0 Å². The molecule has 2 aromatic rings. The third-order valence-electron chi connectivity index (χ3n) is 3.79. The minimum atomic E-state index is -1.78. The normalized spacial score (nSPS) is 13.2. The average molecular weight is 434 g/mol. The van der Waals surface area contributed by atoms with Crippen LogP contribution in [0, 0.1) is 0 Å². The lowest BCUT2D eigenvalue weighted by molar-refractivity contribution is 0.0942. The van der Waals surface area contributed by atoms with Gasteiger partial charge in [0.15, 0.2) is 0 Å². The van der Waals surface area contributed by atoms with Crippen LogP contribution in [0.1, 0.15) is 36.7 Å². The summed E-state index contributed by atoms with van der Waals surface area (Å²) in [4.78, 5) is 12.6. The van der Waals surface area contributed by atoms with E-state index in [0.717, 1.165) is 5.56 Å². The minimum absolute atomic E-state index is 0.000719. The Kier molecular flexibility index (Phi) is 6.73. The van der Waals surface area contributed by atoms with Crippen molar-refractivity contribution in [3.63, 3.8) is 0 Å². The van der Waals surface area contributed by atoms with Crippen LogP contribution in [-0.4, -0.2) is 15.9 Å². The summed E-state index contributed by atoms with van der Waals surface area (Å²) >= 11 is 24.2. The molecular weight excluding hydrogens is 414 g/mol. The molecule has 0 fully saturated rings. The van der Waals surface area contributed by atoms with Crippen LogP contribution in [0.25, 0.3) is 0 Å². The quantitative estimate of drug-likeness (QED) is 0.446. The molecule has 0 aliphatic heterocycles. The van der Waals surface area contributed by atoms with Crippen LogP contribution in [0.2, 0.25) is 5.02 Å². The SMILES string of the molecule is CC(C)(C)c1ccc(C(=O)N[C@@H](Nc2ccccc2Cl)C(Cl)(Cl)Cl)cc1. The van der Waals surface area contributed by atoms with E-state index in [2.05, 4.69) is 31.4 Å². The Bertz CT molecular complexity index is 764. The molecule has 2 aromatic carbocycles. The maximum atomic E-state index is 12.6. The molecule has 0 aliphatic rings. The average Bonchev–Trinajstić information content (AvgIpc) is 2.54. The Morgan fingerprint density at radius 3 is 2.04 bits per heavy atom. The van der Waals surface area contributed by atoms with Gasteiger partial charge in [0.25, 0.3) is 5.91 Å². The number of anilines is 1. The number of alkyl halides is 3. The summed E-state index contributed by atoms with van der Waals surface area (Å²) in [6.07, 6.45) is -0.970. The highest BCUT2D eigenvalue weighted by Gasteiger charge is 2.34. The lowest BCUT2D eigenvalue weighted by Gasteiger charge is -2.28. The van der Waals surface area contributed by atoms with Crippen molar-refractivity contribution < 1.29 is 4.79 Å². The molecule has 0 aromatic heterocycles. The maximum absolute atomic E-state index is 12.6. The van der Waals surface area contributed by atoms with Gasteiger partial charge in [0.05, 0.1) is 10.7 Å². The first-order chi connectivity index (χ1) is 12.0. The summed E-state index contributed by atoms with van der Waals surface area (Å²) in [5.41, 5.74) is 2.15. The molecule has 7 heteroatoms. The molecule has 0 saturated heterocycles. The lowest BCUT2D eigenvalue weighted by atomic mass is 9.87. The monoisotopic (exact) mass is 432 g/mol. The van der Waals surface area contributed by atoms with Crippen molar-refractivity contribution in [2.45, 2.75) is 36.1 Å². The van der Waals surface area contributed by atoms with E-state index >= 15 is 0 Å². The topological polar surface area (TPSA) is 41.1 Å². The van der Waals surface area contributed by atoms with E-state index in [1.165, 1.54) is 0 Å². The van der Waals surface area contributed by atoms with Crippen molar-refractivity contribution >= 4 is 58.0 Å². The van der Waals surface area contributed by atoms with E-state index in [9.17, 15) is 4.79 Å². The Balaban J connectivity index is 2.18. The number of amides is 1. The smallest absolute Gasteiger partial charge is 0.252 e. The van der Waals surface area contributed by atoms with Crippen molar-refractivity contribution in [1.82, 2.24) is 5.32 Å². The molecule has 0 saturated carbocycles. The molecule has 0 radical (unpaired) electrons. The number of carbonyl (C=O) groups is 1. The van der Waals surface area contributed by atoms with E-state index in [0.29, 0.717) is 16.3 Å². The molecule has 1 amide bonds. The van der Waals surface area contributed by atoms with Gasteiger partial charge in [-0.05, 0) is 35.2 Å². The molecule has 0 aliphatic carbocycles. The number of halogens is 4. The van der Waals surface area contributed by atoms with Crippen LogP contribution in [-0.2, 0) is 5.41 Å². The number of nitrogens with one attached hydrogen (secondary N) is 2. The predicted octanol–water partition coefficient (Wildman–Crippen LogP) is 6.18. The molecule has 2 N–H and O–H groups in total. The zero-order valence-electron chi connectivity index (χ0n) is 14.6. The molecule has 0 unspecified atom stereocenters. The van der Waals surface area contributed by atoms with Gasteiger partial charge < -0.3 is 10.6 Å². The number of hydrogen-bond acceptors (Lipinski definition) is 2. The van der Waals surface area contributed by atoms with Crippen molar-refractivity contribution in [2.75, 3.05) is 5.32 Å². The fourth-order valence-electron chi connectivity index (χ4n) is 2.27. The van der Waals surface area contributed by atoms with Gasteiger partial charge in [-0.25, -0.2) is 0 Å². The van der Waals surface area contributed by atoms with Gasteiger partial charge in [0.1, 0.15) is 6.17 Å². The molecule has 26 heavy (non-hydrogen) atoms. The third kappa shape index (κ3) is 5.68. The summed E-state index contributed by atoms with van der Waals surface area (Å²) in [5, 5.41) is 6.12. The zero-order valence-corrected chi connectivity index (χ0v) is 17.6. The van der Waals surface area contributed by atoms with Gasteiger partial charge in [-0.1, -0.05) is 91.4 Å². The molecule has 0 heterocycles. The molecule has 3 nitrogen and oxygen atoms in total. The van der Waals surface area contributed by atoms with E-state index in [1.54, 1.807) is 36.4 Å². The van der Waals surface area contributed by atoms with Gasteiger partial charge >= 0.3 is 0 Å². The van der Waals surface area contributed by atoms with Crippen molar-refractivity contribution in [3.8, 4) is 0 Å². The number of carbonyl (C=O) groups excluding carboxylic acids is 1. The molecule has 140 valence electrons. The van der Waals surface area contributed by atoms with Crippen LogP contribution in [0.5, 0.6) is 0 Å². The highest BCUT2D eigenvalue weighted by molar-refractivity contribution is 6.68. The van der Waals surface area contributed by atoms with Crippen LogP contribution in [0.4, 0.5) is 5.69 Å². The van der Waals surface area contributed by atoms with Crippen LogP contribution in [0.15, 0.2) is 48.5 Å². The van der Waals surface area contributed by atoms with Crippen LogP contribution < -0.4 is 10.6 Å². The largest absolute Gasteiger partial charge is 0.361 e. The van der Waals surface area contributed by atoms with E-state index in [4.69, 9.17) is 46.4 Å². The molecule has 0 spiro atoms. The number of para-hydroxylation sites is 1. The van der Waals surface area contributed by atoms with Crippen molar-refractivity contribution in [1.29, 1.82) is 0 Å². The summed E-state index contributed by atoms with van der Waals surface area (Å²) in [6, 6.07) is 14.3. The second kappa shape index (κ2) is 8.26. The Labute approximate surface area is 174 Å². The fourth-order valence-corrected chi connectivity index (χ4v) is 2.79. The van der Waals surface area contributed by atoms with Gasteiger partial charge in [-0.3, -0.25) is 4.79 Å². The van der Waals surface area contributed by atoms with Gasteiger partial charge in [-0.2, -0.15) is 0 Å². The molecular formula is C19H20Cl4N2O. The predicted molar refractivity (Wildman–Crippen MR) is 112 cm³/mol. The van der Waals surface area contributed by atoms with E-state index in [1.807, 2.05) is 12.1 Å². The Morgan fingerprint density at radius 1 is 0.962 bits per heavy atom. The first-order valence-corrected chi connectivity index (χ1v) is 9.49. The maximum Gasteiger partial charge on any atom is 0.252 e. The second-order valence-corrected chi connectivity index (χ2v) is 9.68. The minimum Gasteiger partial charge on any atom is -0.361 e. The van der Waals surface area contributed by atoms with Crippen LogP contribution in [0.3, 0.4) is 0 Å².